The van der Waals surface area contributed by atoms with Crippen LogP contribution in [0.25, 0.3) is 0 Å². The van der Waals surface area contributed by atoms with Crippen LogP contribution in [0, 0.1) is 0 Å². The maximum Gasteiger partial charge on any atom is 0.0968 e. The quantitative estimate of drug-likeness (QED) is 0.503. The maximum atomic E-state index is 8.43. The molecule has 2 N–H and O–H groups in total. The van der Waals surface area contributed by atoms with Gasteiger partial charge in [0, 0.05) is 12.6 Å². The highest BCUT2D eigenvalue weighted by Crippen LogP contribution is 1.97. The van der Waals surface area contributed by atoms with Crippen LogP contribution in [0.2, 0.25) is 0 Å². The molecule has 8 heavy (non-hydrogen) atoms. The van der Waals surface area contributed by atoms with Gasteiger partial charge in [-0.2, -0.15) is 0 Å². The summed E-state index contributed by atoms with van der Waals surface area (Å²) in [5.74, 6) is 0. The highest BCUT2D eigenvalue weighted by atomic mass is 16.5. The van der Waals surface area contributed by atoms with E-state index in [9.17, 15) is 0 Å². The topological polar surface area (TPSA) is 41.5 Å². The summed E-state index contributed by atoms with van der Waals surface area (Å²) in [7, 11) is 0. The highest BCUT2D eigenvalue weighted by Gasteiger charge is 2.12. The molecular weight excluding hydrogens is 106 g/mol. The van der Waals surface area contributed by atoms with Gasteiger partial charge < -0.3 is 9.84 Å². The molecule has 48 valence electrons. The van der Waals surface area contributed by atoms with Crippen LogP contribution >= 0.6 is 0 Å². The second-order valence-corrected chi connectivity index (χ2v) is 1.93. The van der Waals surface area contributed by atoms with Gasteiger partial charge in [-0.05, 0) is 6.42 Å². The predicted molar refractivity (Wildman–Crippen MR) is 29.4 cm³/mol. The number of aliphatic hydroxyl groups excluding tert-OH is 1. The average molecular weight is 117 g/mol. The van der Waals surface area contributed by atoms with Crippen molar-refractivity contribution in [3.63, 3.8) is 0 Å². The molecule has 0 aliphatic carbocycles. The van der Waals surface area contributed by atoms with Crippen molar-refractivity contribution in [2.75, 3.05) is 19.9 Å². The third-order valence-corrected chi connectivity index (χ3v) is 1.27. The molecule has 0 saturated carbocycles. The standard InChI is InChI=1S/C5H11NO2/c7-2-1-5-3-8-4-6-5/h5-7H,1-4H2/t5-/m0/s1. The maximum absolute atomic E-state index is 8.43. The fourth-order valence-corrected chi connectivity index (χ4v) is 0.778. The van der Waals surface area contributed by atoms with Crippen molar-refractivity contribution in [3.05, 3.63) is 0 Å². The van der Waals surface area contributed by atoms with E-state index in [-0.39, 0.29) is 6.61 Å². The molecule has 1 heterocycles. The summed E-state index contributed by atoms with van der Waals surface area (Å²) in [4.78, 5) is 0. The molecule has 0 aromatic heterocycles. The summed E-state index contributed by atoms with van der Waals surface area (Å²) >= 11 is 0. The second-order valence-electron chi connectivity index (χ2n) is 1.93. The SMILES string of the molecule is OCC[C@H]1COCN1. The van der Waals surface area contributed by atoms with Crippen LogP contribution in [0.4, 0.5) is 0 Å². The summed E-state index contributed by atoms with van der Waals surface area (Å²) in [5, 5.41) is 11.5. The van der Waals surface area contributed by atoms with Gasteiger partial charge in [-0.3, -0.25) is 5.32 Å². The van der Waals surface area contributed by atoms with Gasteiger partial charge in [-0.1, -0.05) is 0 Å². The van der Waals surface area contributed by atoms with Crippen LogP contribution in [-0.2, 0) is 4.74 Å². The summed E-state index contributed by atoms with van der Waals surface area (Å²) < 4.78 is 4.99. The number of rotatable bonds is 2. The van der Waals surface area contributed by atoms with Crippen LogP contribution in [-0.4, -0.2) is 31.1 Å². The van der Waals surface area contributed by atoms with Gasteiger partial charge in [0.05, 0.1) is 13.3 Å². The molecule has 0 aromatic rings. The molecule has 0 bridgehead atoms. The predicted octanol–water partition coefficient (Wildman–Crippen LogP) is -0.685. The van der Waals surface area contributed by atoms with E-state index >= 15 is 0 Å². The summed E-state index contributed by atoms with van der Waals surface area (Å²) in [6.07, 6.45) is 0.806. The lowest BCUT2D eigenvalue weighted by Crippen LogP contribution is -2.24. The van der Waals surface area contributed by atoms with E-state index in [1.165, 1.54) is 0 Å². The molecule has 0 spiro atoms. The number of hydrogen-bond donors (Lipinski definition) is 2. The molecule has 1 fully saturated rings. The molecule has 1 saturated heterocycles. The molecule has 0 aromatic carbocycles. The van der Waals surface area contributed by atoms with E-state index in [1.54, 1.807) is 0 Å². The smallest absolute Gasteiger partial charge is 0.0968 e. The van der Waals surface area contributed by atoms with Crippen molar-refractivity contribution < 1.29 is 9.84 Å². The van der Waals surface area contributed by atoms with Gasteiger partial charge in [-0.25, -0.2) is 0 Å². The Morgan fingerprint density at radius 2 is 2.62 bits per heavy atom. The lowest BCUT2D eigenvalue weighted by atomic mass is 10.2. The van der Waals surface area contributed by atoms with Gasteiger partial charge in [0.2, 0.25) is 0 Å². The minimum atomic E-state index is 0.251. The molecule has 1 atom stereocenters. The van der Waals surface area contributed by atoms with Crippen molar-refractivity contribution >= 4 is 0 Å². The van der Waals surface area contributed by atoms with Gasteiger partial charge >= 0.3 is 0 Å². The van der Waals surface area contributed by atoms with Gasteiger partial charge in [-0.15, -0.1) is 0 Å². The summed E-state index contributed by atoms with van der Waals surface area (Å²) in [6, 6.07) is 0.389. The third-order valence-electron chi connectivity index (χ3n) is 1.27. The molecule has 3 nitrogen and oxygen atoms in total. The molecule has 0 amide bonds. The zero-order valence-corrected chi connectivity index (χ0v) is 4.76. The zero-order valence-electron chi connectivity index (χ0n) is 4.76. The Bertz CT molecular complexity index is 61.4. The molecule has 3 heteroatoms. The van der Waals surface area contributed by atoms with Crippen LogP contribution < -0.4 is 5.32 Å². The first-order chi connectivity index (χ1) is 3.93. The van der Waals surface area contributed by atoms with E-state index in [2.05, 4.69) is 5.32 Å². The Morgan fingerprint density at radius 3 is 3.12 bits per heavy atom. The largest absolute Gasteiger partial charge is 0.396 e. The van der Waals surface area contributed by atoms with Gasteiger partial charge in [0.1, 0.15) is 0 Å². The third kappa shape index (κ3) is 1.43. The lowest BCUT2D eigenvalue weighted by Gasteiger charge is -2.02. The fourth-order valence-electron chi connectivity index (χ4n) is 0.778. The van der Waals surface area contributed by atoms with Crippen LogP contribution in [0.1, 0.15) is 6.42 Å². The number of ether oxygens (including phenoxy) is 1. The number of aliphatic hydroxyl groups is 1. The molecule has 0 radical (unpaired) electrons. The van der Waals surface area contributed by atoms with E-state index in [0.717, 1.165) is 13.0 Å². The summed E-state index contributed by atoms with van der Waals surface area (Å²) in [6.45, 7) is 1.65. The van der Waals surface area contributed by atoms with Crippen LogP contribution in [0.3, 0.4) is 0 Å². The molecule has 1 aliphatic heterocycles. The van der Waals surface area contributed by atoms with E-state index in [0.29, 0.717) is 12.8 Å². The highest BCUT2D eigenvalue weighted by molar-refractivity contribution is 4.67. The molecular formula is C5H11NO2. The van der Waals surface area contributed by atoms with Crippen LogP contribution in [0.5, 0.6) is 0 Å². The fraction of sp³-hybridized carbons (Fsp3) is 1.00. The van der Waals surface area contributed by atoms with E-state index in [1.807, 2.05) is 0 Å². The first-order valence-corrected chi connectivity index (χ1v) is 2.85. The number of nitrogens with one attached hydrogen (secondary N) is 1. The van der Waals surface area contributed by atoms with Gasteiger partial charge in [0.15, 0.2) is 0 Å². The lowest BCUT2D eigenvalue weighted by molar-refractivity contribution is 0.185. The zero-order chi connectivity index (χ0) is 5.82. The van der Waals surface area contributed by atoms with E-state index in [4.69, 9.17) is 9.84 Å². The van der Waals surface area contributed by atoms with Crippen molar-refractivity contribution in [1.29, 1.82) is 0 Å². The van der Waals surface area contributed by atoms with Crippen LogP contribution in [0.15, 0.2) is 0 Å². The Hall–Kier alpha value is -0.120. The van der Waals surface area contributed by atoms with Gasteiger partial charge in [0.25, 0.3) is 0 Å². The first-order valence-electron chi connectivity index (χ1n) is 2.85. The van der Waals surface area contributed by atoms with Crippen molar-refractivity contribution in [2.45, 2.75) is 12.5 Å². The van der Waals surface area contributed by atoms with Crippen molar-refractivity contribution in [1.82, 2.24) is 5.32 Å². The second kappa shape index (κ2) is 3.02. The molecule has 0 unspecified atom stereocenters. The molecule has 1 aliphatic rings. The Labute approximate surface area is 48.7 Å². The van der Waals surface area contributed by atoms with Crippen molar-refractivity contribution in [2.24, 2.45) is 0 Å². The average Bonchev–Trinajstić information content (AvgIpc) is 2.19. The minimum absolute atomic E-state index is 0.251. The Morgan fingerprint density at radius 1 is 1.75 bits per heavy atom. The monoisotopic (exact) mass is 117 g/mol. The number of hydrogen-bond acceptors (Lipinski definition) is 3. The first kappa shape index (κ1) is 6.01. The van der Waals surface area contributed by atoms with Crippen molar-refractivity contribution in [3.8, 4) is 0 Å². The minimum Gasteiger partial charge on any atom is -0.396 e. The molecule has 1 rings (SSSR count). The van der Waals surface area contributed by atoms with E-state index < -0.39 is 0 Å². The Balaban J connectivity index is 2.06. The summed E-state index contributed by atoms with van der Waals surface area (Å²) in [5.41, 5.74) is 0. The Kier molecular flexibility index (Phi) is 2.27. The normalized spacial score (nSPS) is 28.9.